The van der Waals surface area contributed by atoms with E-state index in [9.17, 15) is 0 Å². The number of nitrogens with zero attached hydrogens (tertiary/aromatic N) is 1. The van der Waals surface area contributed by atoms with Crippen LogP contribution in [-0.4, -0.2) is 13.6 Å². The lowest BCUT2D eigenvalue weighted by Crippen LogP contribution is -2.24. The Balaban J connectivity index is 2.05. The summed E-state index contributed by atoms with van der Waals surface area (Å²) >= 11 is 3.62. The molecule has 0 radical (unpaired) electrons. The molecule has 0 spiro atoms. The average molecular weight is 311 g/mol. The third-order valence-corrected chi connectivity index (χ3v) is 4.61. The highest BCUT2D eigenvalue weighted by Gasteiger charge is 2.17. The molecule has 100 valence electrons. The standard InChI is InChI=1S/C15H23BrN2/c1-11(17)14-8-7-13(9-15(14)16)18(2)10-12-5-3-4-6-12/h7-9,11-12H,3-6,10,17H2,1-2H3/t11-/m0/s1. The number of halogens is 1. The Morgan fingerprint density at radius 3 is 2.61 bits per heavy atom. The van der Waals surface area contributed by atoms with Crippen LogP contribution in [0.5, 0.6) is 0 Å². The third kappa shape index (κ3) is 3.27. The second-order valence-corrected chi connectivity index (χ2v) is 6.38. The highest BCUT2D eigenvalue weighted by Crippen LogP contribution is 2.30. The average Bonchev–Trinajstić information content (AvgIpc) is 2.81. The van der Waals surface area contributed by atoms with Crippen molar-refractivity contribution in [1.82, 2.24) is 0 Å². The monoisotopic (exact) mass is 310 g/mol. The van der Waals surface area contributed by atoms with Crippen LogP contribution in [0, 0.1) is 5.92 Å². The fraction of sp³-hybridized carbons (Fsp3) is 0.600. The lowest BCUT2D eigenvalue weighted by Gasteiger charge is -2.24. The van der Waals surface area contributed by atoms with Gasteiger partial charge in [0.2, 0.25) is 0 Å². The molecule has 0 unspecified atom stereocenters. The van der Waals surface area contributed by atoms with Gasteiger partial charge in [-0.05, 0) is 43.4 Å². The van der Waals surface area contributed by atoms with Gasteiger partial charge in [0.15, 0.2) is 0 Å². The highest BCUT2D eigenvalue weighted by molar-refractivity contribution is 9.10. The highest BCUT2D eigenvalue weighted by atomic mass is 79.9. The quantitative estimate of drug-likeness (QED) is 0.907. The van der Waals surface area contributed by atoms with Crippen LogP contribution in [0.25, 0.3) is 0 Å². The molecule has 1 aromatic carbocycles. The first-order valence-electron chi connectivity index (χ1n) is 6.84. The summed E-state index contributed by atoms with van der Waals surface area (Å²) < 4.78 is 1.12. The number of rotatable bonds is 4. The van der Waals surface area contributed by atoms with E-state index in [0.29, 0.717) is 0 Å². The fourth-order valence-corrected chi connectivity index (χ4v) is 3.54. The maximum absolute atomic E-state index is 5.93. The number of hydrogen-bond donors (Lipinski definition) is 1. The van der Waals surface area contributed by atoms with Gasteiger partial charge in [-0.3, -0.25) is 0 Å². The summed E-state index contributed by atoms with van der Waals surface area (Å²) in [5.74, 6) is 0.877. The number of nitrogens with two attached hydrogens (primary N) is 1. The van der Waals surface area contributed by atoms with Crippen molar-refractivity contribution in [2.24, 2.45) is 11.7 Å². The molecular formula is C15H23BrN2. The first-order chi connectivity index (χ1) is 8.58. The lowest BCUT2D eigenvalue weighted by molar-refractivity contribution is 0.547. The van der Waals surface area contributed by atoms with Gasteiger partial charge >= 0.3 is 0 Å². The fourth-order valence-electron chi connectivity index (χ4n) is 2.81. The Morgan fingerprint density at radius 2 is 2.06 bits per heavy atom. The van der Waals surface area contributed by atoms with Gasteiger partial charge in [-0.1, -0.05) is 34.8 Å². The van der Waals surface area contributed by atoms with E-state index in [1.54, 1.807) is 0 Å². The van der Waals surface area contributed by atoms with Crippen molar-refractivity contribution >= 4 is 21.6 Å². The predicted molar refractivity (Wildman–Crippen MR) is 82.0 cm³/mol. The molecule has 1 aliphatic carbocycles. The molecule has 3 heteroatoms. The van der Waals surface area contributed by atoms with E-state index < -0.39 is 0 Å². The molecule has 0 aromatic heterocycles. The first kappa shape index (κ1) is 13.9. The van der Waals surface area contributed by atoms with Crippen molar-refractivity contribution < 1.29 is 0 Å². The van der Waals surface area contributed by atoms with Crippen molar-refractivity contribution in [2.75, 3.05) is 18.5 Å². The van der Waals surface area contributed by atoms with Gasteiger partial charge in [0.05, 0.1) is 0 Å². The van der Waals surface area contributed by atoms with Crippen molar-refractivity contribution in [3.8, 4) is 0 Å². The van der Waals surface area contributed by atoms with Crippen molar-refractivity contribution in [3.05, 3.63) is 28.2 Å². The molecule has 1 fully saturated rings. The van der Waals surface area contributed by atoms with Gasteiger partial charge in [-0.2, -0.15) is 0 Å². The Kier molecular flexibility index (Phi) is 4.68. The molecule has 0 amide bonds. The van der Waals surface area contributed by atoms with Crippen LogP contribution in [0.15, 0.2) is 22.7 Å². The van der Waals surface area contributed by atoms with Crippen molar-refractivity contribution in [3.63, 3.8) is 0 Å². The zero-order valence-corrected chi connectivity index (χ0v) is 12.9. The molecule has 18 heavy (non-hydrogen) atoms. The van der Waals surface area contributed by atoms with Crippen LogP contribution in [0.4, 0.5) is 5.69 Å². The van der Waals surface area contributed by atoms with Crippen LogP contribution in [0.1, 0.15) is 44.2 Å². The second kappa shape index (κ2) is 6.07. The largest absolute Gasteiger partial charge is 0.374 e. The number of benzene rings is 1. The normalized spacial score (nSPS) is 18.0. The van der Waals surface area contributed by atoms with Crippen LogP contribution < -0.4 is 10.6 Å². The van der Waals surface area contributed by atoms with Gasteiger partial charge in [-0.15, -0.1) is 0 Å². The minimum absolute atomic E-state index is 0.0774. The Morgan fingerprint density at radius 1 is 1.39 bits per heavy atom. The smallest absolute Gasteiger partial charge is 0.0375 e. The van der Waals surface area contributed by atoms with Gasteiger partial charge in [0, 0.05) is 29.8 Å². The van der Waals surface area contributed by atoms with Gasteiger partial charge < -0.3 is 10.6 Å². The van der Waals surface area contributed by atoms with E-state index in [0.717, 1.165) is 10.4 Å². The van der Waals surface area contributed by atoms with E-state index in [1.807, 2.05) is 6.92 Å². The van der Waals surface area contributed by atoms with Crippen LogP contribution in [0.2, 0.25) is 0 Å². The zero-order chi connectivity index (χ0) is 13.1. The minimum Gasteiger partial charge on any atom is -0.374 e. The summed E-state index contributed by atoms with van der Waals surface area (Å²) in [5.41, 5.74) is 8.38. The molecule has 1 saturated carbocycles. The zero-order valence-electron chi connectivity index (χ0n) is 11.3. The van der Waals surface area contributed by atoms with E-state index in [1.165, 1.54) is 43.5 Å². The van der Waals surface area contributed by atoms with Gasteiger partial charge in [-0.25, -0.2) is 0 Å². The molecule has 1 aliphatic rings. The van der Waals surface area contributed by atoms with E-state index in [4.69, 9.17) is 5.73 Å². The third-order valence-electron chi connectivity index (χ3n) is 3.92. The van der Waals surface area contributed by atoms with Crippen LogP contribution in [-0.2, 0) is 0 Å². The Hall–Kier alpha value is -0.540. The Labute approximate surface area is 119 Å². The van der Waals surface area contributed by atoms with E-state index in [2.05, 4.69) is 46.1 Å². The summed E-state index contributed by atoms with van der Waals surface area (Å²) in [4.78, 5) is 2.37. The van der Waals surface area contributed by atoms with Gasteiger partial charge in [0.1, 0.15) is 0 Å². The summed E-state index contributed by atoms with van der Waals surface area (Å²) in [6.07, 6.45) is 5.60. The van der Waals surface area contributed by atoms with E-state index in [-0.39, 0.29) is 6.04 Å². The minimum atomic E-state index is 0.0774. The molecule has 1 atom stereocenters. The van der Waals surface area contributed by atoms with Crippen molar-refractivity contribution in [2.45, 2.75) is 38.6 Å². The second-order valence-electron chi connectivity index (χ2n) is 5.53. The maximum atomic E-state index is 5.93. The number of anilines is 1. The maximum Gasteiger partial charge on any atom is 0.0375 e. The molecule has 2 nitrogen and oxygen atoms in total. The molecule has 0 bridgehead atoms. The first-order valence-corrected chi connectivity index (χ1v) is 7.63. The predicted octanol–water partition coefficient (Wildman–Crippen LogP) is 4.10. The summed E-state index contributed by atoms with van der Waals surface area (Å²) in [6, 6.07) is 6.58. The lowest BCUT2D eigenvalue weighted by atomic mass is 10.1. The summed E-state index contributed by atoms with van der Waals surface area (Å²) in [6.45, 7) is 3.19. The molecule has 0 heterocycles. The summed E-state index contributed by atoms with van der Waals surface area (Å²) in [7, 11) is 2.19. The summed E-state index contributed by atoms with van der Waals surface area (Å²) in [5, 5.41) is 0. The number of hydrogen-bond acceptors (Lipinski definition) is 2. The SMILES string of the molecule is C[C@H](N)c1ccc(N(C)CC2CCCC2)cc1Br. The Bertz CT molecular complexity index is 397. The van der Waals surface area contributed by atoms with Crippen LogP contribution >= 0.6 is 15.9 Å². The van der Waals surface area contributed by atoms with E-state index >= 15 is 0 Å². The molecule has 0 saturated heterocycles. The molecule has 1 aromatic rings. The molecule has 2 rings (SSSR count). The topological polar surface area (TPSA) is 29.3 Å². The molecular weight excluding hydrogens is 288 g/mol. The van der Waals surface area contributed by atoms with Crippen LogP contribution in [0.3, 0.4) is 0 Å². The molecule has 2 N–H and O–H groups in total. The van der Waals surface area contributed by atoms with Crippen molar-refractivity contribution in [1.29, 1.82) is 0 Å². The molecule has 0 aliphatic heterocycles. The van der Waals surface area contributed by atoms with Gasteiger partial charge in [0.25, 0.3) is 0 Å².